The van der Waals surface area contributed by atoms with Crippen LogP contribution in [0.25, 0.3) is 0 Å². The molecule has 0 aromatic heterocycles. The molecule has 2 aromatic rings. The Morgan fingerprint density at radius 1 is 1.16 bits per heavy atom. The minimum absolute atomic E-state index is 0.00661. The van der Waals surface area contributed by atoms with E-state index in [0.717, 1.165) is 17.7 Å². The Morgan fingerprint density at radius 3 is 2.53 bits per heavy atom. The molecule has 0 saturated heterocycles. The van der Waals surface area contributed by atoms with Crippen molar-refractivity contribution in [2.75, 3.05) is 16.8 Å². The molecule has 1 aliphatic heterocycles. The number of hydrogen-bond donors (Lipinski definition) is 2. The van der Waals surface area contributed by atoms with Gasteiger partial charge in [0.1, 0.15) is 0 Å². The summed E-state index contributed by atoms with van der Waals surface area (Å²) < 4.78 is 65.7. The standard InChI is InChI=1S/C21H22F3N3O4S/c1-13-10-15-11-18(6-7-19(15)27(13)14(2)28)32(30,31)25-9-8-20(29)26-17-5-3-4-16(12-17)21(22,23)24/h3-7,11-13,25H,8-10H2,1-2H3,(H,26,29). The molecule has 0 radical (unpaired) electrons. The molecule has 0 saturated carbocycles. The van der Waals surface area contributed by atoms with Crippen LogP contribution in [0, 0.1) is 0 Å². The fourth-order valence-corrected chi connectivity index (χ4v) is 4.72. The number of alkyl halides is 3. The van der Waals surface area contributed by atoms with Crippen molar-refractivity contribution in [3.63, 3.8) is 0 Å². The summed E-state index contributed by atoms with van der Waals surface area (Å²) in [5.41, 5.74) is 0.475. The first-order valence-corrected chi connectivity index (χ1v) is 11.3. The molecule has 172 valence electrons. The molecule has 2 aromatic carbocycles. The van der Waals surface area contributed by atoms with Gasteiger partial charge in [0.05, 0.1) is 10.5 Å². The topological polar surface area (TPSA) is 95.6 Å². The third-order valence-corrected chi connectivity index (χ3v) is 6.49. The lowest BCUT2D eigenvalue weighted by atomic mass is 10.1. The molecule has 0 aliphatic carbocycles. The van der Waals surface area contributed by atoms with E-state index in [1.165, 1.54) is 31.2 Å². The zero-order valence-corrected chi connectivity index (χ0v) is 18.2. The number of nitrogens with one attached hydrogen (secondary N) is 2. The summed E-state index contributed by atoms with van der Waals surface area (Å²) in [4.78, 5) is 25.4. The second-order valence-electron chi connectivity index (χ2n) is 7.51. The number of anilines is 2. The zero-order chi connectivity index (χ0) is 23.7. The smallest absolute Gasteiger partial charge is 0.326 e. The van der Waals surface area contributed by atoms with Crippen molar-refractivity contribution in [1.82, 2.24) is 4.72 Å². The fraction of sp³-hybridized carbons (Fsp3) is 0.333. The van der Waals surface area contributed by atoms with Gasteiger partial charge in [-0.05, 0) is 55.3 Å². The lowest BCUT2D eigenvalue weighted by molar-refractivity contribution is -0.137. The largest absolute Gasteiger partial charge is 0.416 e. The van der Waals surface area contributed by atoms with Gasteiger partial charge in [-0.25, -0.2) is 13.1 Å². The van der Waals surface area contributed by atoms with Crippen molar-refractivity contribution in [3.8, 4) is 0 Å². The highest BCUT2D eigenvalue weighted by atomic mass is 32.2. The molecule has 1 atom stereocenters. The van der Waals surface area contributed by atoms with Crippen LogP contribution in [0.1, 0.15) is 31.4 Å². The maximum atomic E-state index is 12.8. The Balaban J connectivity index is 1.60. The van der Waals surface area contributed by atoms with Crippen molar-refractivity contribution in [2.24, 2.45) is 0 Å². The van der Waals surface area contributed by atoms with Gasteiger partial charge >= 0.3 is 6.18 Å². The Hall–Kier alpha value is -2.92. The van der Waals surface area contributed by atoms with E-state index in [1.807, 2.05) is 6.92 Å². The monoisotopic (exact) mass is 469 g/mol. The highest BCUT2D eigenvalue weighted by molar-refractivity contribution is 7.89. The Morgan fingerprint density at radius 2 is 1.88 bits per heavy atom. The van der Waals surface area contributed by atoms with Crippen LogP contribution in [0.3, 0.4) is 0 Å². The highest BCUT2D eigenvalue weighted by Gasteiger charge is 2.31. The quantitative estimate of drug-likeness (QED) is 0.679. The molecule has 1 unspecified atom stereocenters. The molecule has 1 aliphatic rings. The summed E-state index contributed by atoms with van der Waals surface area (Å²) in [7, 11) is -3.91. The fourth-order valence-electron chi connectivity index (χ4n) is 3.63. The maximum Gasteiger partial charge on any atom is 0.416 e. The predicted molar refractivity (Wildman–Crippen MR) is 113 cm³/mol. The second kappa shape index (κ2) is 8.91. The van der Waals surface area contributed by atoms with Gasteiger partial charge in [0.2, 0.25) is 21.8 Å². The summed E-state index contributed by atoms with van der Waals surface area (Å²) >= 11 is 0. The van der Waals surface area contributed by atoms with Gasteiger partial charge in [0.25, 0.3) is 0 Å². The van der Waals surface area contributed by atoms with E-state index in [0.29, 0.717) is 12.1 Å². The number of fused-ring (bicyclic) bond motifs is 1. The van der Waals surface area contributed by atoms with E-state index in [2.05, 4.69) is 10.0 Å². The summed E-state index contributed by atoms with van der Waals surface area (Å²) in [6.45, 7) is 3.08. The van der Waals surface area contributed by atoms with Gasteiger partial charge in [-0.15, -0.1) is 0 Å². The average molecular weight is 469 g/mol. The number of benzene rings is 2. The minimum Gasteiger partial charge on any atom is -0.326 e. The second-order valence-corrected chi connectivity index (χ2v) is 9.27. The zero-order valence-electron chi connectivity index (χ0n) is 17.4. The van der Waals surface area contributed by atoms with Gasteiger partial charge in [-0.2, -0.15) is 13.2 Å². The van der Waals surface area contributed by atoms with E-state index in [4.69, 9.17) is 0 Å². The minimum atomic E-state index is -4.54. The van der Waals surface area contributed by atoms with E-state index >= 15 is 0 Å². The van der Waals surface area contributed by atoms with Gasteiger partial charge in [0.15, 0.2) is 0 Å². The van der Waals surface area contributed by atoms with Crippen LogP contribution >= 0.6 is 0 Å². The normalized spacial score (nSPS) is 16.0. The molecular weight excluding hydrogens is 447 g/mol. The SMILES string of the molecule is CC(=O)N1c2ccc(S(=O)(=O)NCCC(=O)Nc3cccc(C(F)(F)F)c3)cc2CC1C. The van der Waals surface area contributed by atoms with Crippen molar-refractivity contribution >= 4 is 33.2 Å². The van der Waals surface area contributed by atoms with Crippen molar-refractivity contribution in [2.45, 2.75) is 43.8 Å². The maximum absolute atomic E-state index is 12.8. The first kappa shape index (κ1) is 23.7. The van der Waals surface area contributed by atoms with Gasteiger partial charge in [-0.3, -0.25) is 9.59 Å². The number of nitrogens with zero attached hydrogens (tertiary/aromatic N) is 1. The van der Waals surface area contributed by atoms with Crippen LogP contribution in [0.15, 0.2) is 47.4 Å². The van der Waals surface area contributed by atoms with Crippen LogP contribution in [0.4, 0.5) is 24.5 Å². The molecular formula is C21H22F3N3O4S. The van der Waals surface area contributed by atoms with Gasteiger partial charge < -0.3 is 10.2 Å². The molecule has 7 nitrogen and oxygen atoms in total. The number of carbonyl (C=O) groups excluding carboxylic acids is 2. The van der Waals surface area contributed by atoms with Crippen molar-refractivity contribution in [1.29, 1.82) is 0 Å². The van der Waals surface area contributed by atoms with Crippen LogP contribution in [-0.2, 0) is 32.2 Å². The Bertz CT molecular complexity index is 1150. The molecule has 0 bridgehead atoms. The Labute approximate surface area is 183 Å². The molecule has 0 fully saturated rings. The number of rotatable bonds is 6. The highest BCUT2D eigenvalue weighted by Crippen LogP contribution is 2.34. The number of halogens is 3. The van der Waals surface area contributed by atoms with E-state index in [-0.39, 0.29) is 35.5 Å². The van der Waals surface area contributed by atoms with E-state index in [9.17, 15) is 31.2 Å². The van der Waals surface area contributed by atoms with Gasteiger partial charge in [-0.1, -0.05) is 6.07 Å². The number of amides is 2. The molecule has 11 heteroatoms. The number of carbonyl (C=O) groups is 2. The van der Waals surface area contributed by atoms with Crippen LogP contribution in [-0.4, -0.2) is 32.8 Å². The van der Waals surface area contributed by atoms with Crippen molar-refractivity contribution < 1.29 is 31.2 Å². The first-order chi connectivity index (χ1) is 14.9. The molecule has 0 spiro atoms. The van der Waals surface area contributed by atoms with E-state index in [1.54, 1.807) is 11.0 Å². The summed E-state index contributed by atoms with van der Waals surface area (Å²) in [5, 5.41) is 2.32. The molecule has 2 amide bonds. The van der Waals surface area contributed by atoms with Crippen LogP contribution < -0.4 is 14.9 Å². The number of hydrogen-bond acceptors (Lipinski definition) is 4. The Kier molecular flexibility index (Phi) is 6.61. The van der Waals surface area contributed by atoms with Crippen LogP contribution in [0.2, 0.25) is 0 Å². The summed E-state index contributed by atoms with van der Waals surface area (Å²) in [6, 6.07) is 8.56. The number of sulfonamides is 1. The molecule has 1 heterocycles. The summed E-state index contributed by atoms with van der Waals surface area (Å²) in [6.07, 6.45) is -4.28. The van der Waals surface area contributed by atoms with E-state index < -0.39 is 27.7 Å². The first-order valence-electron chi connectivity index (χ1n) is 9.78. The molecule has 3 rings (SSSR count). The van der Waals surface area contributed by atoms with Gasteiger partial charge in [0, 0.05) is 37.3 Å². The molecule has 2 N–H and O–H groups in total. The lowest BCUT2D eigenvalue weighted by Crippen LogP contribution is -2.33. The molecule has 32 heavy (non-hydrogen) atoms. The van der Waals surface area contributed by atoms with Crippen molar-refractivity contribution in [3.05, 3.63) is 53.6 Å². The third-order valence-electron chi connectivity index (χ3n) is 5.03. The van der Waals surface area contributed by atoms with Crippen LogP contribution in [0.5, 0.6) is 0 Å². The average Bonchev–Trinajstić information content (AvgIpc) is 3.02. The lowest BCUT2D eigenvalue weighted by Gasteiger charge is -2.20. The summed E-state index contributed by atoms with van der Waals surface area (Å²) in [5.74, 6) is -0.760. The third kappa shape index (κ3) is 5.28. The predicted octanol–water partition coefficient (Wildman–Crippen LogP) is 3.31.